The minimum Gasteiger partial charge on any atom is -0.320 e. The van der Waals surface area contributed by atoms with Crippen LogP contribution in [0.5, 0.6) is 0 Å². The third-order valence-electron chi connectivity index (χ3n) is 4.57. The molecule has 0 aliphatic carbocycles. The van der Waals surface area contributed by atoms with Gasteiger partial charge in [-0.1, -0.05) is 41.4 Å². The predicted octanol–water partition coefficient (Wildman–Crippen LogP) is 5.07. The fraction of sp³-hybridized carbons (Fsp3) is 0.136. The first-order valence-corrected chi connectivity index (χ1v) is 11.0. The zero-order chi connectivity index (χ0) is 22.8. The third-order valence-corrected chi connectivity index (χ3v) is 6.76. The largest absolute Gasteiger partial charge is 0.320 e. The molecular formula is C22H19ClF2N2O3S. The van der Waals surface area contributed by atoms with E-state index in [0.717, 1.165) is 33.6 Å². The van der Waals surface area contributed by atoms with Crippen LogP contribution in [0.4, 0.5) is 20.2 Å². The summed E-state index contributed by atoms with van der Waals surface area (Å²) in [6, 6.07) is 13.8. The molecule has 1 N–H and O–H groups in total. The molecule has 0 bridgehead atoms. The summed E-state index contributed by atoms with van der Waals surface area (Å²) in [7, 11) is -4.18. The zero-order valence-electron chi connectivity index (χ0n) is 16.7. The molecule has 0 atom stereocenters. The molecule has 0 heterocycles. The van der Waals surface area contributed by atoms with Crippen LogP contribution in [0.15, 0.2) is 65.6 Å². The SMILES string of the molecule is Cc1ccc(S(=O)(=O)N(CC(=O)Nc2c(F)cccc2F)c2ccc(C)c(Cl)c2)cc1. The average molecular weight is 465 g/mol. The normalized spacial score (nSPS) is 11.3. The molecule has 0 saturated heterocycles. The lowest BCUT2D eigenvalue weighted by Gasteiger charge is -2.24. The number of carbonyl (C=O) groups is 1. The molecule has 3 rings (SSSR count). The van der Waals surface area contributed by atoms with Crippen LogP contribution in [0.3, 0.4) is 0 Å². The Labute approximate surface area is 184 Å². The van der Waals surface area contributed by atoms with Gasteiger partial charge < -0.3 is 5.32 Å². The second-order valence-electron chi connectivity index (χ2n) is 6.90. The molecule has 0 unspecified atom stereocenters. The first-order chi connectivity index (χ1) is 14.6. The van der Waals surface area contributed by atoms with Crippen LogP contribution in [0, 0.1) is 25.5 Å². The highest BCUT2D eigenvalue weighted by atomic mass is 35.5. The molecule has 1 amide bonds. The summed E-state index contributed by atoms with van der Waals surface area (Å²) >= 11 is 6.16. The summed E-state index contributed by atoms with van der Waals surface area (Å²) < 4.78 is 55.3. The van der Waals surface area contributed by atoms with E-state index in [0.29, 0.717) is 5.02 Å². The van der Waals surface area contributed by atoms with Gasteiger partial charge in [-0.05, 0) is 55.8 Å². The van der Waals surface area contributed by atoms with E-state index in [1.165, 1.54) is 24.3 Å². The molecule has 0 saturated carbocycles. The number of amides is 1. The van der Waals surface area contributed by atoms with Crippen LogP contribution in [0.2, 0.25) is 5.02 Å². The zero-order valence-corrected chi connectivity index (χ0v) is 18.3. The molecule has 5 nitrogen and oxygen atoms in total. The highest BCUT2D eigenvalue weighted by Crippen LogP contribution is 2.28. The molecular weight excluding hydrogens is 446 g/mol. The summed E-state index contributed by atoms with van der Waals surface area (Å²) in [5.41, 5.74) is 1.06. The van der Waals surface area contributed by atoms with Gasteiger partial charge in [-0.25, -0.2) is 17.2 Å². The topological polar surface area (TPSA) is 66.5 Å². The molecule has 0 aliphatic heterocycles. The number of halogens is 3. The number of anilines is 2. The van der Waals surface area contributed by atoms with Crippen LogP contribution in [0.1, 0.15) is 11.1 Å². The molecule has 3 aromatic carbocycles. The van der Waals surface area contributed by atoms with Crippen molar-refractivity contribution in [3.63, 3.8) is 0 Å². The number of sulfonamides is 1. The number of nitrogens with zero attached hydrogens (tertiary/aromatic N) is 1. The molecule has 0 fully saturated rings. The third kappa shape index (κ3) is 5.03. The van der Waals surface area contributed by atoms with Crippen molar-refractivity contribution in [3.8, 4) is 0 Å². The van der Waals surface area contributed by atoms with Crippen LogP contribution in [-0.4, -0.2) is 20.9 Å². The Morgan fingerprint density at radius 1 is 1.00 bits per heavy atom. The Hall–Kier alpha value is -2.97. The van der Waals surface area contributed by atoms with Gasteiger partial charge in [-0.15, -0.1) is 0 Å². The van der Waals surface area contributed by atoms with E-state index in [2.05, 4.69) is 5.32 Å². The van der Waals surface area contributed by atoms with E-state index >= 15 is 0 Å². The van der Waals surface area contributed by atoms with Crippen LogP contribution < -0.4 is 9.62 Å². The fourth-order valence-electron chi connectivity index (χ4n) is 2.82. The predicted molar refractivity (Wildman–Crippen MR) is 117 cm³/mol. The summed E-state index contributed by atoms with van der Waals surface area (Å²) in [6.45, 7) is 2.84. The fourth-order valence-corrected chi connectivity index (χ4v) is 4.40. The number of rotatable bonds is 6. The number of hydrogen-bond donors (Lipinski definition) is 1. The summed E-state index contributed by atoms with van der Waals surface area (Å²) in [5, 5.41) is 2.42. The van der Waals surface area contributed by atoms with Gasteiger partial charge in [-0.2, -0.15) is 0 Å². The molecule has 162 valence electrons. The van der Waals surface area contributed by atoms with Gasteiger partial charge in [0.1, 0.15) is 23.9 Å². The van der Waals surface area contributed by atoms with Gasteiger partial charge in [0.15, 0.2) is 0 Å². The lowest BCUT2D eigenvalue weighted by molar-refractivity contribution is -0.114. The van der Waals surface area contributed by atoms with Crippen molar-refractivity contribution >= 4 is 38.9 Å². The van der Waals surface area contributed by atoms with Crippen molar-refractivity contribution in [1.82, 2.24) is 0 Å². The minimum atomic E-state index is -4.18. The lowest BCUT2D eigenvalue weighted by Crippen LogP contribution is -2.38. The Morgan fingerprint density at radius 3 is 2.19 bits per heavy atom. The van der Waals surface area contributed by atoms with Crippen molar-refractivity contribution in [1.29, 1.82) is 0 Å². The van der Waals surface area contributed by atoms with Crippen LogP contribution in [0.25, 0.3) is 0 Å². The number of aryl methyl sites for hydroxylation is 2. The number of hydrogen-bond acceptors (Lipinski definition) is 3. The average Bonchev–Trinajstić information content (AvgIpc) is 2.71. The van der Waals surface area contributed by atoms with Crippen molar-refractivity contribution in [2.45, 2.75) is 18.7 Å². The maximum absolute atomic E-state index is 13.9. The molecule has 3 aromatic rings. The Bertz CT molecular complexity index is 1210. The highest BCUT2D eigenvalue weighted by Gasteiger charge is 2.28. The van der Waals surface area contributed by atoms with E-state index in [1.54, 1.807) is 25.1 Å². The van der Waals surface area contributed by atoms with Gasteiger partial charge in [-0.3, -0.25) is 9.10 Å². The van der Waals surface area contributed by atoms with Gasteiger partial charge in [0.05, 0.1) is 10.6 Å². The summed E-state index contributed by atoms with van der Waals surface area (Å²) in [5.74, 6) is -2.87. The minimum absolute atomic E-state index is 0.0420. The standard InChI is InChI=1S/C22H19ClF2N2O3S/c1-14-6-10-17(11-7-14)31(29,30)27(16-9-8-15(2)18(23)12-16)13-21(28)26-22-19(24)4-3-5-20(22)25/h3-12H,13H2,1-2H3,(H,26,28). The van der Waals surface area contributed by atoms with E-state index in [9.17, 15) is 22.0 Å². The van der Waals surface area contributed by atoms with Gasteiger partial charge in [0.2, 0.25) is 5.91 Å². The molecule has 31 heavy (non-hydrogen) atoms. The van der Waals surface area contributed by atoms with Crippen molar-refractivity contribution in [3.05, 3.63) is 88.4 Å². The van der Waals surface area contributed by atoms with E-state index in [-0.39, 0.29) is 10.6 Å². The monoisotopic (exact) mass is 464 g/mol. The molecule has 0 aliphatic rings. The number of carbonyl (C=O) groups excluding carboxylic acids is 1. The second kappa shape index (κ2) is 9.03. The van der Waals surface area contributed by atoms with E-state index in [1.807, 2.05) is 6.92 Å². The number of nitrogens with one attached hydrogen (secondary N) is 1. The molecule has 0 spiro atoms. The maximum atomic E-state index is 13.9. The first kappa shape index (κ1) is 22.7. The van der Waals surface area contributed by atoms with Gasteiger partial charge >= 0.3 is 0 Å². The summed E-state index contributed by atoms with van der Waals surface area (Å²) in [4.78, 5) is 12.6. The first-order valence-electron chi connectivity index (χ1n) is 9.19. The number of benzene rings is 3. The van der Waals surface area contributed by atoms with Gasteiger partial charge in [0.25, 0.3) is 10.0 Å². The molecule has 9 heteroatoms. The molecule has 0 radical (unpaired) electrons. The summed E-state index contributed by atoms with van der Waals surface area (Å²) in [6.07, 6.45) is 0. The van der Waals surface area contributed by atoms with Gasteiger partial charge in [0, 0.05) is 5.02 Å². The van der Waals surface area contributed by atoms with E-state index < -0.39 is 39.8 Å². The second-order valence-corrected chi connectivity index (χ2v) is 9.17. The maximum Gasteiger partial charge on any atom is 0.264 e. The Balaban J connectivity index is 2.00. The van der Waals surface area contributed by atoms with E-state index in [4.69, 9.17) is 11.6 Å². The Kier molecular flexibility index (Phi) is 6.62. The van der Waals surface area contributed by atoms with Crippen molar-refractivity contribution < 1.29 is 22.0 Å². The smallest absolute Gasteiger partial charge is 0.264 e. The number of para-hydroxylation sites is 1. The van der Waals surface area contributed by atoms with Crippen LogP contribution >= 0.6 is 11.6 Å². The highest BCUT2D eigenvalue weighted by molar-refractivity contribution is 7.92. The van der Waals surface area contributed by atoms with Crippen molar-refractivity contribution in [2.75, 3.05) is 16.2 Å². The lowest BCUT2D eigenvalue weighted by atomic mass is 10.2. The van der Waals surface area contributed by atoms with Crippen molar-refractivity contribution in [2.24, 2.45) is 0 Å². The molecule has 0 aromatic heterocycles. The quantitative estimate of drug-likeness (QED) is 0.554. The Morgan fingerprint density at radius 2 is 1.61 bits per heavy atom. The van der Waals surface area contributed by atoms with Crippen LogP contribution in [-0.2, 0) is 14.8 Å².